The fourth-order valence-corrected chi connectivity index (χ4v) is 2.74. The molecule has 0 aliphatic heterocycles. The molecule has 0 radical (unpaired) electrons. The fourth-order valence-electron chi connectivity index (χ4n) is 1.74. The van der Waals surface area contributed by atoms with Crippen molar-refractivity contribution in [2.24, 2.45) is 0 Å². The predicted molar refractivity (Wildman–Crippen MR) is 77.7 cm³/mol. The third-order valence-electron chi connectivity index (χ3n) is 2.77. The average molecular weight is 346 g/mol. The van der Waals surface area contributed by atoms with Gasteiger partial charge in [0.2, 0.25) is 0 Å². The zero-order valence-corrected chi connectivity index (χ0v) is 12.8. The molecule has 1 N–H and O–H groups in total. The van der Waals surface area contributed by atoms with Gasteiger partial charge in [0.15, 0.2) is 0 Å². The maximum absolute atomic E-state index is 12.6. The highest BCUT2D eigenvalue weighted by molar-refractivity contribution is 7.92. The van der Waals surface area contributed by atoms with Gasteiger partial charge >= 0.3 is 6.18 Å². The number of aromatic nitrogens is 1. The molecular weight excluding hydrogens is 333 g/mol. The first-order valence-electron chi connectivity index (χ1n) is 6.51. The molecule has 0 atom stereocenters. The number of ether oxygens (including phenoxy) is 1. The zero-order valence-electron chi connectivity index (χ0n) is 12.0. The number of rotatable bonds is 5. The van der Waals surface area contributed by atoms with E-state index in [1.807, 2.05) is 4.72 Å². The molecule has 1 aromatic carbocycles. The van der Waals surface area contributed by atoms with E-state index in [1.54, 1.807) is 6.92 Å². The number of hydrogen-bond donors (Lipinski definition) is 1. The molecule has 0 unspecified atom stereocenters. The standard InChI is InChI=1S/C14H13F3N2O3S/c1-2-22-11-3-5-12(6-4-11)23(20,21)19-13-9-10(7-8-18-13)14(15,16)17/h3-9H,2H2,1H3,(H,18,19). The summed E-state index contributed by atoms with van der Waals surface area (Å²) >= 11 is 0. The van der Waals surface area contributed by atoms with Gasteiger partial charge in [-0.25, -0.2) is 13.4 Å². The summed E-state index contributed by atoms with van der Waals surface area (Å²) in [7, 11) is -4.04. The summed E-state index contributed by atoms with van der Waals surface area (Å²) in [6.07, 6.45) is -3.69. The Balaban J connectivity index is 2.24. The SMILES string of the molecule is CCOc1ccc(S(=O)(=O)Nc2cc(C(F)(F)F)ccn2)cc1. The normalized spacial score (nSPS) is 12.0. The summed E-state index contributed by atoms with van der Waals surface area (Å²) in [5.74, 6) is 0.0809. The number of sulfonamides is 1. The van der Waals surface area contributed by atoms with Crippen LogP contribution in [0.4, 0.5) is 19.0 Å². The van der Waals surface area contributed by atoms with E-state index in [2.05, 4.69) is 4.98 Å². The van der Waals surface area contributed by atoms with Gasteiger partial charge in [-0.3, -0.25) is 4.72 Å². The molecule has 0 aliphatic rings. The molecule has 2 rings (SSSR count). The van der Waals surface area contributed by atoms with E-state index in [-0.39, 0.29) is 4.90 Å². The number of halogens is 3. The molecule has 124 valence electrons. The average Bonchev–Trinajstić information content (AvgIpc) is 2.47. The summed E-state index contributed by atoms with van der Waals surface area (Å²) in [6, 6.07) is 6.89. The number of nitrogens with one attached hydrogen (secondary N) is 1. The van der Waals surface area contributed by atoms with Crippen molar-refractivity contribution in [3.63, 3.8) is 0 Å². The molecule has 0 aliphatic carbocycles. The smallest absolute Gasteiger partial charge is 0.416 e. The molecule has 0 saturated carbocycles. The first-order chi connectivity index (χ1) is 10.7. The van der Waals surface area contributed by atoms with Crippen LogP contribution >= 0.6 is 0 Å². The van der Waals surface area contributed by atoms with E-state index in [0.29, 0.717) is 18.4 Å². The van der Waals surface area contributed by atoms with Gasteiger partial charge in [-0.15, -0.1) is 0 Å². The van der Waals surface area contributed by atoms with Crippen molar-refractivity contribution in [3.8, 4) is 5.75 Å². The predicted octanol–water partition coefficient (Wildman–Crippen LogP) is 3.30. The summed E-state index contributed by atoms with van der Waals surface area (Å²) in [5, 5.41) is 0. The molecule has 0 saturated heterocycles. The van der Waals surface area contributed by atoms with Crippen molar-refractivity contribution in [1.82, 2.24) is 4.98 Å². The van der Waals surface area contributed by atoms with Crippen LogP contribution in [-0.4, -0.2) is 20.0 Å². The largest absolute Gasteiger partial charge is 0.494 e. The lowest BCUT2D eigenvalue weighted by Crippen LogP contribution is -2.15. The Labute approximate surface area is 131 Å². The summed E-state index contributed by atoms with van der Waals surface area (Å²) in [4.78, 5) is 3.48. The first kappa shape index (κ1) is 17.1. The van der Waals surface area contributed by atoms with Gasteiger partial charge in [-0.2, -0.15) is 13.2 Å². The third-order valence-corrected chi connectivity index (χ3v) is 4.14. The second kappa shape index (κ2) is 6.45. The summed E-state index contributed by atoms with van der Waals surface area (Å²) < 4.78 is 69.4. The molecule has 9 heteroatoms. The molecule has 23 heavy (non-hydrogen) atoms. The van der Waals surface area contributed by atoms with Crippen molar-refractivity contribution in [3.05, 3.63) is 48.2 Å². The quantitative estimate of drug-likeness (QED) is 0.902. The summed E-state index contributed by atoms with van der Waals surface area (Å²) in [6.45, 7) is 2.21. The van der Waals surface area contributed by atoms with Crippen LogP contribution in [0.25, 0.3) is 0 Å². The molecule has 0 bridgehead atoms. The molecule has 5 nitrogen and oxygen atoms in total. The number of benzene rings is 1. The molecule has 0 amide bonds. The second-order valence-corrected chi connectivity index (χ2v) is 6.12. The minimum absolute atomic E-state index is 0.111. The number of alkyl halides is 3. The van der Waals surface area contributed by atoms with Crippen LogP contribution < -0.4 is 9.46 Å². The zero-order chi connectivity index (χ0) is 17.1. The van der Waals surface area contributed by atoms with Crippen molar-refractivity contribution >= 4 is 15.8 Å². The highest BCUT2D eigenvalue weighted by atomic mass is 32.2. The Bertz CT molecular complexity index is 775. The van der Waals surface area contributed by atoms with Crippen molar-refractivity contribution in [2.45, 2.75) is 18.0 Å². The van der Waals surface area contributed by atoms with Gasteiger partial charge in [0.25, 0.3) is 10.0 Å². The van der Waals surface area contributed by atoms with Crippen LogP contribution in [0.3, 0.4) is 0 Å². The highest BCUT2D eigenvalue weighted by Crippen LogP contribution is 2.30. The molecule has 1 heterocycles. The van der Waals surface area contributed by atoms with Gasteiger partial charge in [-0.05, 0) is 43.3 Å². The monoisotopic (exact) mass is 346 g/mol. The Morgan fingerprint density at radius 1 is 1.17 bits per heavy atom. The minimum Gasteiger partial charge on any atom is -0.494 e. The van der Waals surface area contributed by atoms with Crippen LogP contribution in [0, 0.1) is 0 Å². The van der Waals surface area contributed by atoms with E-state index < -0.39 is 27.6 Å². The van der Waals surface area contributed by atoms with Crippen molar-refractivity contribution in [2.75, 3.05) is 11.3 Å². The number of anilines is 1. The van der Waals surface area contributed by atoms with Gasteiger partial charge in [-0.1, -0.05) is 0 Å². The Kier molecular flexibility index (Phi) is 4.79. The number of hydrogen-bond acceptors (Lipinski definition) is 4. The fraction of sp³-hybridized carbons (Fsp3) is 0.214. The molecule has 1 aromatic heterocycles. The van der Waals surface area contributed by atoms with Gasteiger partial charge in [0.1, 0.15) is 11.6 Å². The van der Waals surface area contributed by atoms with E-state index in [4.69, 9.17) is 4.74 Å². The maximum atomic E-state index is 12.6. The molecular formula is C14H13F3N2O3S. The Morgan fingerprint density at radius 3 is 2.39 bits per heavy atom. The lowest BCUT2D eigenvalue weighted by Gasteiger charge is -2.11. The van der Waals surface area contributed by atoms with Crippen LogP contribution in [0.15, 0.2) is 47.5 Å². The van der Waals surface area contributed by atoms with Crippen molar-refractivity contribution < 1.29 is 26.3 Å². The van der Waals surface area contributed by atoms with Gasteiger partial charge in [0, 0.05) is 6.20 Å². The Morgan fingerprint density at radius 2 is 1.83 bits per heavy atom. The highest BCUT2D eigenvalue weighted by Gasteiger charge is 2.31. The van der Waals surface area contributed by atoms with E-state index in [1.165, 1.54) is 24.3 Å². The number of nitrogens with zero attached hydrogens (tertiary/aromatic N) is 1. The van der Waals surface area contributed by atoms with Crippen LogP contribution in [-0.2, 0) is 16.2 Å². The van der Waals surface area contributed by atoms with Crippen LogP contribution in [0.2, 0.25) is 0 Å². The van der Waals surface area contributed by atoms with Gasteiger partial charge < -0.3 is 4.74 Å². The maximum Gasteiger partial charge on any atom is 0.416 e. The molecule has 0 fully saturated rings. The van der Waals surface area contributed by atoms with E-state index in [9.17, 15) is 21.6 Å². The minimum atomic E-state index is -4.58. The van der Waals surface area contributed by atoms with E-state index >= 15 is 0 Å². The van der Waals surface area contributed by atoms with Gasteiger partial charge in [0.05, 0.1) is 17.1 Å². The molecule has 2 aromatic rings. The lowest BCUT2D eigenvalue weighted by molar-refractivity contribution is -0.137. The summed E-state index contributed by atoms with van der Waals surface area (Å²) in [5.41, 5.74) is -0.989. The van der Waals surface area contributed by atoms with Crippen LogP contribution in [0.5, 0.6) is 5.75 Å². The van der Waals surface area contributed by atoms with E-state index in [0.717, 1.165) is 12.3 Å². The first-order valence-corrected chi connectivity index (χ1v) is 7.99. The second-order valence-electron chi connectivity index (χ2n) is 4.44. The lowest BCUT2D eigenvalue weighted by atomic mass is 10.2. The Hall–Kier alpha value is -2.29. The molecule has 0 spiro atoms. The topological polar surface area (TPSA) is 68.3 Å². The number of pyridine rings is 1. The third kappa shape index (κ3) is 4.35. The van der Waals surface area contributed by atoms with Crippen molar-refractivity contribution in [1.29, 1.82) is 0 Å². The van der Waals surface area contributed by atoms with Crippen LogP contribution in [0.1, 0.15) is 12.5 Å².